The molecule has 0 aliphatic rings. The molecule has 2 aromatic carbocycles. The first kappa shape index (κ1) is 15.7. The molecule has 0 amide bonds. The van der Waals surface area contributed by atoms with Gasteiger partial charge in [-0.2, -0.15) is 0 Å². The number of phenols is 2. The number of benzene rings is 2. The molecule has 4 rings (SSSR count). The van der Waals surface area contributed by atoms with Crippen molar-refractivity contribution >= 4 is 28.5 Å². The van der Waals surface area contributed by atoms with Gasteiger partial charge in [0, 0.05) is 12.6 Å². The van der Waals surface area contributed by atoms with Gasteiger partial charge in [-0.05, 0) is 36.4 Å². The van der Waals surface area contributed by atoms with Gasteiger partial charge >= 0.3 is 5.97 Å². The Morgan fingerprint density at radius 1 is 1.12 bits per heavy atom. The number of anilines is 1. The van der Waals surface area contributed by atoms with Crippen molar-refractivity contribution in [3.63, 3.8) is 0 Å². The predicted molar refractivity (Wildman–Crippen MR) is 95.8 cm³/mol. The zero-order valence-corrected chi connectivity index (χ0v) is 13.6. The first-order chi connectivity index (χ1) is 12.5. The summed E-state index contributed by atoms with van der Waals surface area (Å²) in [5, 5.41) is 31.7. The van der Waals surface area contributed by atoms with E-state index < -0.39 is 5.97 Å². The van der Waals surface area contributed by atoms with E-state index in [0.29, 0.717) is 33.8 Å². The van der Waals surface area contributed by atoms with Crippen molar-refractivity contribution in [3.05, 3.63) is 48.2 Å². The van der Waals surface area contributed by atoms with E-state index in [0.717, 1.165) is 0 Å². The molecule has 0 unspecified atom stereocenters. The van der Waals surface area contributed by atoms with Gasteiger partial charge in [0.1, 0.15) is 0 Å². The molecule has 2 aromatic heterocycles. The van der Waals surface area contributed by atoms with Gasteiger partial charge in [-0.15, -0.1) is 0 Å². The number of carbonyl (C=O) groups is 1. The molecule has 8 heteroatoms. The van der Waals surface area contributed by atoms with Crippen LogP contribution in [0.5, 0.6) is 11.5 Å². The molecule has 0 bridgehead atoms. The quantitative estimate of drug-likeness (QED) is 0.419. The first-order valence-electron chi connectivity index (χ1n) is 7.74. The zero-order chi connectivity index (χ0) is 18.4. The van der Waals surface area contributed by atoms with Crippen LogP contribution in [0.25, 0.3) is 27.9 Å². The fourth-order valence-electron chi connectivity index (χ4n) is 2.92. The lowest BCUT2D eigenvalue weighted by atomic mass is 10.1. The van der Waals surface area contributed by atoms with Crippen LogP contribution in [-0.2, 0) is 0 Å². The van der Waals surface area contributed by atoms with E-state index in [4.69, 9.17) is 0 Å². The summed E-state index contributed by atoms with van der Waals surface area (Å²) in [7, 11) is 1.72. The SMILES string of the molecule is CNc1nc2ccc(C(=O)O)cc2n2c(-c3ccc(O)c(O)c3)cnc12. The average molecular weight is 350 g/mol. The molecule has 4 N–H and O–H groups in total. The topological polar surface area (TPSA) is 120 Å². The highest BCUT2D eigenvalue weighted by Gasteiger charge is 2.16. The van der Waals surface area contributed by atoms with Gasteiger partial charge in [0.25, 0.3) is 0 Å². The summed E-state index contributed by atoms with van der Waals surface area (Å²) in [6.45, 7) is 0. The van der Waals surface area contributed by atoms with Crippen LogP contribution in [0.15, 0.2) is 42.6 Å². The van der Waals surface area contributed by atoms with Crippen molar-refractivity contribution in [1.29, 1.82) is 0 Å². The Labute approximate surface area is 147 Å². The van der Waals surface area contributed by atoms with Gasteiger partial charge in [0.2, 0.25) is 0 Å². The highest BCUT2D eigenvalue weighted by atomic mass is 16.4. The number of nitrogens with one attached hydrogen (secondary N) is 1. The van der Waals surface area contributed by atoms with Crippen molar-refractivity contribution in [2.75, 3.05) is 12.4 Å². The Morgan fingerprint density at radius 2 is 1.92 bits per heavy atom. The Kier molecular flexibility index (Phi) is 3.40. The molecule has 130 valence electrons. The molecule has 0 spiro atoms. The third-order valence-electron chi connectivity index (χ3n) is 4.18. The first-order valence-corrected chi connectivity index (χ1v) is 7.74. The number of aromatic carboxylic acids is 1. The molecule has 0 radical (unpaired) electrons. The maximum absolute atomic E-state index is 11.4. The Hall–Kier alpha value is -3.81. The van der Waals surface area contributed by atoms with Gasteiger partial charge < -0.3 is 20.6 Å². The molecule has 0 aliphatic heterocycles. The minimum absolute atomic E-state index is 0.131. The molecule has 8 nitrogen and oxygen atoms in total. The molecular formula is C18H14N4O4. The van der Waals surface area contributed by atoms with Crippen LogP contribution in [-0.4, -0.2) is 42.7 Å². The number of fused-ring (bicyclic) bond motifs is 3. The second kappa shape index (κ2) is 5.62. The summed E-state index contributed by atoms with van der Waals surface area (Å²) in [4.78, 5) is 20.2. The van der Waals surface area contributed by atoms with E-state index in [9.17, 15) is 20.1 Å². The Balaban J connectivity index is 2.12. The highest BCUT2D eigenvalue weighted by Crippen LogP contribution is 2.33. The van der Waals surface area contributed by atoms with Crippen LogP contribution in [0.2, 0.25) is 0 Å². The van der Waals surface area contributed by atoms with Crippen LogP contribution in [0, 0.1) is 0 Å². The normalized spacial score (nSPS) is 11.1. The van der Waals surface area contributed by atoms with Crippen LogP contribution in [0.3, 0.4) is 0 Å². The van der Waals surface area contributed by atoms with Gasteiger partial charge in [-0.25, -0.2) is 14.8 Å². The van der Waals surface area contributed by atoms with Gasteiger partial charge in [0.15, 0.2) is 23.0 Å². The van der Waals surface area contributed by atoms with Crippen molar-refractivity contribution in [2.45, 2.75) is 0 Å². The summed E-state index contributed by atoms with van der Waals surface area (Å²) in [5.41, 5.74) is 3.05. The number of rotatable bonds is 3. The fourth-order valence-corrected chi connectivity index (χ4v) is 2.92. The molecule has 4 aromatic rings. The van der Waals surface area contributed by atoms with E-state index in [1.807, 2.05) is 0 Å². The van der Waals surface area contributed by atoms with E-state index in [-0.39, 0.29) is 17.1 Å². The lowest BCUT2D eigenvalue weighted by molar-refractivity contribution is 0.0697. The number of nitrogens with zero attached hydrogens (tertiary/aromatic N) is 3. The molecular weight excluding hydrogens is 336 g/mol. The van der Waals surface area contributed by atoms with Crippen molar-refractivity contribution in [3.8, 4) is 22.8 Å². The summed E-state index contributed by atoms with van der Waals surface area (Å²) in [5.74, 6) is -0.981. The minimum atomic E-state index is -1.04. The molecule has 0 saturated heterocycles. The number of hydrogen-bond acceptors (Lipinski definition) is 6. The van der Waals surface area contributed by atoms with Crippen molar-refractivity contribution < 1.29 is 20.1 Å². The monoisotopic (exact) mass is 350 g/mol. The molecule has 0 atom stereocenters. The fraction of sp³-hybridized carbons (Fsp3) is 0.0556. The number of aromatic hydroxyl groups is 2. The van der Waals surface area contributed by atoms with Crippen molar-refractivity contribution in [1.82, 2.24) is 14.4 Å². The van der Waals surface area contributed by atoms with E-state index in [1.54, 1.807) is 29.8 Å². The number of carboxylic acids is 1. The molecule has 0 fully saturated rings. The maximum atomic E-state index is 11.4. The minimum Gasteiger partial charge on any atom is -0.504 e. The highest BCUT2D eigenvalue weighted by molar-refractivity contribution is 5.94. The summed E-state index contributed by atoms with van der Waals surface area (Å²) in [6.07, 6.45) is 1.61. The smallest absolute Gasteiger partial charge is 0.335 e. The summed E-state index contributed by atoms with van der Waals surface area (Å²) >= 11 is 0. The number of carboxylic acid groups (broad SMARTS) is 1. The summed E-state index contributed by atoms with van der Waals surface area (Å²) < 4.78 is 1.77. The lowest BCUT2D eigenvalue weighted by Gasteiger charge is -2.10. The molecule has 2 heterocycles. The average Bonchev–Trinajstić information content (AvgIpc) is 3.08. The predicted octanol–water partition coefficient (Wildman–Crippen LogP) is 2.70. The number of hydrogen-bond donors (Lipinski definition) is 4. The zero-order valence-electron chi connectivity index (χ0n) is 13.6. The third-order valence-corrected chi connectivity index (χ3v) is 4.18. The van der Waals surface area contributed by atoms with Crippen LogP contribution in [0.1, 0.15) is 10.4 Å². The number of aromatic nitrogens is 3. The van der Waals surface area contributed by atoms with Crippen LogP contribution in [0.4, 0.5) is 5.82 Å². The maximum Gasteiger partial charge on any atom is 0.335 e. The second-order valence-electron chi connectivity index (χ2n) is 5.73. The molecule has 0 aliphatic carbocycles. The largest absolute Gasteiger partial charge is 0.504 e. The van der Waals surface area contributed by atoms with E-state index >= 15 is 0 Å². The standard InChI is InChI=1S/C18H14N4O4/c1-19-16-17-20-8-13(9-3-5-14(23)15(24)7-9)22(17)12-6-10(18(25)26)2-4-11(12)21-16/h2-8,23-24H,1H3,(H,19,21)(H,25,26). The van der Waals surface area contributed by atoms with E-state index in [1.165, 1.54) is 24.3 Å². The van der Waals surface area contributed by atoms with Crippen molar-refractivity contribution in [2.24, 2.45) is 0 Å². The molecule has 0 saturated carbocycles. The Morgan fingerprint density at radius 3 is 2.62 bits per heavy atom. The third kappa shape index (κ3) is 2.27. The van der Waals surface area contributed by atoms with Gasteiger partial charge in [0.05, 0.1) is 28.5 Å². The molecule has 26 heavy (non-hydrogen) atoms. The van der Waals surface area contributed by atoms with Crippen LogP contribution < -0.4 is 5.32 Å². The second-order valence-corrected chi connectivity index (χ2v) is 5.73. The lowest BCUT2D eigenvalue weighted by Crippen LogP contribution is -2.03. The number of phenolic OH excluding ortho intramolecular Hbond substituents is 2. The van der Waals surface area contributed by atoms with Crippen LogP contribution >= 0.6 is 0 Å². The van der Waals surface area contributed by atoms with E-state index in [2.05, 4.69) is 15.3 Å². The summed E-state index contributed by atoms with van der Waals surface area (Å²) in [6, 6.07) is 9.11. The van der Waals surface area contributed by atoms with Gasteiger partial charge in [-0.3, -0.25) is 4.40 Å². The Bertz CT molecular complexity index is 1180. The number of imidazole rings is 1. The van der Waals surface area contributed by atoms with Gasteiger partial charge in [-0.1, -0.05) is 0 Å².